The van der Waals surface area contributed by atoms with E-state index >= 15 is 0 Å². The van der Waals surface area contributed by atoms with Crippen LogP contribution in [0.3, 0.4) is 0 Å². The van der Waals surface area contributed by atoms with E-state index in [1.165, 1.54) is 12.1 Å². The second-order valence-electron chi connectivity index (χ2n) is 3.79. The van der Waals surface area contributed by atoms with Crippen molar-refractivity contribution in [3.63, 3.8) is 0 Å². The first-order chi connectivity index (χ1) is 9.17. The van der Waals surface area contributed by atoms with Crippen molar-refractivity contribution in [1.29, 1.82) is 0 Å². The monoisotopic (exact) mass is 307 g/mol. The quantitative estimate of drug-likeness (QED) is 0.747. The van der Waals surface area contributed by atoms with Gasteiger partial charge in [0.25, 0.3) is 0 Å². The van der Waals surface area contributed by atoms with Crippen LogP contribution in [0, 0.1) is 0 Å². The molecule has 0 radical (unpaired) electrons. The molecule has 1 unspecified atom stereocenters. The average Bonchev–Trinajstić information content (AvgIpc) is 2.29. The van der Waals surface area contributed by atoms with Crippen molar-refractivity contribution >= 4 is 28.9 Å². The summed E-state index contributed by atoms with van der Waals surface area (Å²) in [6.07, 6.45) is -4.75. The molecule has 5 nitrogen and oxygen atoms in total. The van der Waals surface area contributed by atoms with E-state index in [1.54, 1.807) is 6.92 Å². The number of benzene rings is 1. The number of alkyl halides is 3. The number of hydrogen-bond donors (Lipinski definition) is 3. The van der Waals surface area contributed by atoms with E-state index in [0.717, 1.165) is 12.1 Å². The standard InChI is InChI=1S/C11H12F3N3O2S/c1-6(9(15)20)16-10(18)17-7-2-4-8(5-3-7)19-11(12,13)14/h2-6H,1H3,(H2,15,20)(H2,16,17,18). The number of urea groups is 1. The number of amides is 2. The molecular weight excluding hydrogens is 295 g/mol. The summed E-state index contributed by atoms with van der Waals surface area (Å²) in [6, 6.07) is 3.63. The molecule has 0 spiro atoms. The second kappa shape index (κ2) is 6.42. The van der Waals surface area contributed by atoms with Gasteiger partial charge in [-0.3, -0.25) is 0 Å². The molecule has 0 aromatic heterocycles. The van der Waals surface area contributed by atoms with Crippen LogP contribution in [0.5, 0.6) is 5.75 Å². The Balaban J connectivity index is 2.57. The summed E-state index contributed by atoms with van der Waals surface area (Å²) in [4.78, 5) is 11.6. The molecule has 0 aliphatic carbocycles. The lowest BCUT2D eigenvalue weighted by molar-refractivity contribution is -0.274. The fourth-order valence-electron chi connectivity index (χ4n) is 1.17. The van der Waals surface area contributed by atoms with E-state index in [4.69, 9.17) is 5.73 Å². The average molecular weight is 307 g/mol. The zero-order valence-corrected chi connectivity index (χ0v) is 11.1. The first-order valence-electron chi connectivity index (χ1n) is 5.40. The fourth-order valence-corrected chi connectivity index (χ4v) is 1.23. The van der Waals surface area contributed by atoms with Crippen LogP contribution in [0.15, 0.2) is 24.3 Å². The number of carbonyl (C=O) groups is 1. The third-order valence-electron chi connectivity index (χ3n) is 2.12. The Morgan fingerprint density at radius 1 is 1.35 bits per heavy atom. The van der Waals surface area contributed by atoms with Gasteiger partial charge in [-0.25, -0.2) is 4.79 Å². The Labute approximate surface area is 118 Å². The first-order valence-corrected chi connectivity index (χ1v) is 5.81. The summed E-state index contributed by atoms with van der Waals surface area (Å²) >= 11 is 4.68. The highest BCUT2D eigenvalue weighted by atomic mass is 32.1. The third kappa shape index (κ3) is 5.74. The van der Waals surface area contributed by atoms with Gasteiger partial charge in [-0.05, 0) is 31.2 Å². The molecule has 0 fully saturated rings. The maximum absolute atomic E-state index is 11.9. The van der Waals surface area contributed by atoms with Gasteiger partial charge in [-0.2, -0.15) is 0 Å². The highest BCUT2D eigenvalue weighted by molar-refractivity contribution is 7.80. The number of thiocarbonyl (C=S) groups is 1. The van der Waals surface area contributed by atoms with Crippen LogP contribution >= 0.6 is 12.2 Å². The zero-order chi connectivity index (χ0) is 15.3. The van der Waals surface area contributed by atoms with Gasteiger partial charge in [0, 0.05) is 5.69 Å². The second-order valence-corrected chi connectivity index (χ2v) is 4.27. The van der Waals surface area contributed by atoms with E-state index in [0.29, 0.717) is 5.69 Å². The number of ether oxygens (including phenoxy) is 1. The molecule has 0 saturated heterocycles. The van der Waals surface area contributed by atoms with Gasteiger partial charge in [0.2, 0.25) is 0 Å². The van der Waals surface area contributed by atoms with Gasteiger partial charge >= 0.3 is 12.4 Å². The van der Waals surface area contributed by atoms with Crippen LogP contribution in [0.25, 0.3) is 0 Å². The number of rotatable bonds is 4. The molecule has 0 saturated carbocycles. The molecule has 4 N–H and O–H groups in total. The summed E-state index contributed by atoms with van der Waals surface area (Å²) in [7, 11) is 0. The van der Waals surface area contributed by atoms with E-state index in [2.05, 4.69) is 27.6 Å². The minimum atomic E-state index is -4.75. The molecule has 2 amide bonds. The van der Waals surface area contributed by atoms with Crippen LogP contribution in [-0.2, 0) is 0 Å². The van der Waals surface area contributed by atoms with Crippen LogP contribution in [0.2, 0.25) is 0 Å². The predicted molar refractivity (Wildman–Crippen MR) is 71.5 cm³/mol. The van der Waals surface area contributed by atoms with Crippen molar-refractivity contribution in [2.45, 2.75) is 19.3 Å². The van der Waals surface area contributed by atoms with E-state index < -0.39 is 18.4 Å². The lowest BCUT2D eigenvalue weighted by atomic mass is 10.3. The van der Waals surface area contributed by atoms with E-state index in [1.807, 2.05) is 0 Å². The Kier molecular flexibility index (Phi) is 5.14. The van der Waals surface area contributed by atoms with Gasteiger partial charge < -0.3 is 21.1 Å². The van der Waals surface area contributed by atoms with Gasteiger partial charge in [-0.15, -0.1) is 13.2 Å². The summed E-state index contributed by atoms with van der Waals surface area (Å²) in [5.74, 6) is -0.375. The summed E-state index contributed by atoms with van der Waals surface area (Å²) < 4.78 is 39.5. The Morgan fingerprint density at radius 3 is 2.35 bits per heavy atom. The summed E-state index contributed by atoms with van der Waals surface area (Å²) in [6.45, 7) is 1.60. The summed E-state index contributed by atoms with van der Waals surface area (Å²) in [5, 5.41) is 4.87. The number of nitrogens with two attached hydrogens (primary N) is 1. The van der Waals surface area contributed by atoms with Crippen molar-refractivity contribution in [2.75, 3.05) is 5.32 Å². The molecule has 0 aliphatic rings. The molecule has 0 heterocycles. The minimum Gasteiger partial charge on any atom is -0.406 e. The minimum absolute atomic E-state index is 0.120. The maximum atomic E-state index is 11.9. The van der Waals surface area contributed by atoms with Crippen LogP contribution in [-0.4, -0.2) is 23.4 Å². The largest absolute Gasteiger partial charge is 0.573 e. The normalized spacial score (nSPS) is 12.4. The van der Waals surface area contributed by atoms with Gasteiger partial charge in [0.1, 0.15) is 5.75 Å². The Bertz CT molecular complexity index is 491. The van der Waals surface area contributed by atoms with Crippen molar-refractivity contribution in [3.05, 3.63) is 24.3 Å². The molecule has 1 rings (SSSR count). The van der Waals surface area contributed by atoms with E-state index in [9.17, 15) is 18.0 Å². The van der Waals surface area contributed by atoms with Crippen LogP contribution in [0.4, 0.5) is 23.7 Å². The number of nitrogens with one attached hydrogen (secondary N) is 2. The lowest BCUT2D eigenvalue weighted by Crippen LogP contribution is -2.43. The number of anilines is 1. The molecule has 1 aromatic carbocycles. The highest BCUT2D eigenvalue weighted by Gasteiger charge is 2.30. The maximum Gasteiger partial charge on any atom is 0.573 e. The zero-order valence-electron chi connectivity index (χ0n) is 10.3. The molecule has 1 aromatic rings. The van der Waals surface area contributed by atoms with Gasteiger partial charge in [0.05, 0.1) is 11.0 Å². The van der Waals surface area contributed by atoms with E-state index in [-0.39, 0.29) is 10.7 Å². The number of halogens is 3. The van der Waals surface area contributed by atoms with Gasteiger partial charge in [0.15, 0.2) is 0 Å². The lowest BCUT2D eigenvalue weighted by Gasteiger charge is -2.13. The fraction of sp³-hybridized carbons (Fsp3) is 0.273. The molecule has 110 valence electrons. The Hall–Kier alpha value is -2.03. The first kappa shape index (κ1) is 16.0. The highest BCUT2D eigenvalue weighted by Crippen LogP contribution is 2.23. The summed E-state index contributed by atoms with van der Waals surface area (Å²) in [5.41, 5.74) is 5.62. The number of hydrogen-bond acceptors (Lipinski definition) is 3. The molecule has 9 heteroatoms. The molecule has 0 bridgehead atoms. The number of carbonyl (C=O) groups excluding carboxylic acids is 1. The smallest absolute Gasteiger partial charge is 0.406 e. The van der Waals surface area contributed by atoms with Crippen molar-refractivity contribution in [2.24, 2.45) is 5.73 Å². The molecule has 20 heavy (non-hydrogen) atoms. The molecule has 0 aliphatic heterocycles. The van der Waals surface area contributed by atoms with Crippen molar-refractivity contribution in [3.8, 4) is 5.75 Å². The topological polar surface area (TPSA) is 76.4 Å². The third-order valence-corrected chi connectivity index (χ3v) is 2.47. The van der Waals surface area contributed by atoms with Crippen LogP contribution < -0.4 is 21.1 Å². The molecule has 1 atom stereocenters. The van der Waals surface area contributed by atoms with Crippen LogP contribution in [0.1, 0.15) is 6.92 Å². The van der Waals surface area contributed by atoms with Crippen molar-refractivity contribution in [1.82, 2.24) is 5.32 Å². The Morgan fingerprint density at radius 2 is 1.90 bits per heavy atom. The SMILES string of the molecule is CC(NC(=O)Nc1ccc(OC(F)(F)F)cc1)C(N)=S. The predicted octanol–water partition coefficient (Wildman–Crippen LogP) is 2.38. The molecular formula is C11H12F3N3O2S. The van der Waals surface area contributed by atoms with Crippen molar-refractivity contribution < 1.29 is 22.7 Å². The van der Waals surface area contributed by atoms with Gasteiger partial charge in [-0.1, -0.05) is 12.2 Å².